The molecule has 3 aromatic heterocycles. The van der Waals surface area contributed by atoms with Crippen molar-refractivity contribution in [3.63, 3.8) is 0 Å². The first-order valence-corrected chi connectivity index (χ1v) is 12.7. The Morgan fingerprint density at radius 1 is 1.23 bits per heavy atom. The maximum absolute atomic E-state index is 13.0. The highest BCUT2D eigenvalue weighted by atomic mass is 35.5. The minimum absolute atomic E-state index is 0.239. The van der Waals surface area contributed by atoms with Crippen molar-refractivity contribution < 1.29 is 4.79 Å². The molecule has 1 amide bonds. The number of thiophene rings is 2. The van der Waals surface area contributed by atoms with Gasteiger partial charge in [0.05, 0.1) is 20.1 Å². The van der Waals surface area contributed by atoms with E-state index < -0.39 is 0 Å². The van der Waals surface area contributed by atoms with E-state index in [0.717, 1.165) is 51.8 Å². The van der Waals surface area contributed by atoms with Crippen LogP contribution in [0.1, 0.15) is 27.7 Å². The fraction of sp³-hybridized carbons (Fsp3) is 0.238. The molecule has 5 rings (SSSR count). The van der Waals surface area contributed by atoms with Crippen LogP contribution in [-0.2, 0) is 13.0 Å². The average Bonchev–Trinajstić information content (AvgIpc) is 3.40. The van der Waals surface area contributed by atoms with E-state index in [0.29, 0.717) is 14.2 Å². The number of hydrogen-bond acceptors (Lipinski definition) is 6. The molecule has 0 unspecified atom stereocenters. The molecule has 9 heteroatoms. The third kappa shape index (κ3) is 3.68. The quantitative estimate of drug-likeness (QED) is 0.332. The van der Waals surface area contributed by atoms with E-state index in [-0.39, 0.29) is 5.91 Å². The number of halogens is 2. The van der Waals surface area contributed by atoms with Crippen LogP contribution in [0.3, 0.4) is 0 Å². The van der Waals surface area contributed by atoms with Crippen molar-refractivity contribution in [1.82, 2.24) is 9.88 Å². The maximum Gasteiger partial charge on any atom is 0.258 e. The predicted octanol–water partition coefficient (Wildman–Crippen LogP) is 7.02. The van der Waals surface area contributed by atoms with Crippen LogP contribution in [0, 0.1) is 0 Å². The normalized spacial score (nSPS) is 14.2. The van der Waals surface area contributed by atoms with Gasteiger partial charge in [0, 0.05) is 23.5 Å². The summed E-state index contributed by atoms with van der Waals surface area (Å²) in [5.41, 5.74) is 3.74. The number of carbonyl (C=O) groups is 1. The van der Waals surface area contributed by atoms with E-state index in [4.69, 9.17) is 28.2 Å². The molecule has 30 heavy (non-hydrogen) atoms. The number of nitrogens with zero attached hydrogens (tertiary/aromatic N) is 2. The van der Waals surface area contributed by atoms with Crippen LogP contribution in [0.25, 0.3) is 20.8 Å². The van der Waals surface area contributed by atoms with Crippen LogP contribution in [-0.4, -0.2) is 28.9 Å². The maximum atomic E-state index is 13.0. The first kappa shape index (κ1) is 20.4. The Bertz CT molecular complexity index is 1230. The van der Waals surface area contributed by atoms with Crippen molar-refractivity contribution in [1.29, 1.82) is 0 Å². The molecule has 4 nitrogen and oxygen atoms in total. The highest BCUT2D eigenvalue weighted by Gasteiger charge is 2.28. The Labute approximate surface area is 196 Å². The first-order chi connectivity index (χ1) is 14.5. The molecule has 0 bridgehead atoms. The molecule has 1 aliphatic rings. The molecule has 0 fully saturated rings. The summed E-state index contributed by atoms with van der Waals surface area (Å²) in [4.78, 5) is 21.6. The molecule has 0 saturated heterocycles. The number of hydrogen-bond donors (Lipinski definition) is 1. The Balaban J connectivity index is 1.60. The third-order valence-corrected chi connectivity index (χ3v) is 8.89. The summed E-state index contributed by atoms with van der Waals surface area (Å²) < 4.78 is 2.04. The molecular formula is C21H17Cl2N3OS3. The summed E-state index contributed by atoms with van der Waals surface area (Å²) in [6.45, 7) is 5.10. The van der Waals surface area contributed by atoms with Gasteiger partial charge in [0.25, 0.3) is 5.91 Å². The van der Waals surface area contributed by atoms with Gasteiger partial charge in [-0.2, -0.15) is 0 Å². The summed E-state index contributed by atoms with van der Waals surface area (Å²) in [6, 6.07) is 9.75. The van der Waals surface area contributed by atoms with Crippen LogP contribution in [0.15, 0.2) is 30.3 Å². The van der Waals surface area contributed by atoms with E-state index in [1.807, 2.05) is 18.2 Å². The lowest BCUT2D eigenvalue weighted by molar-refractivity contribution is 0.102. The Morgan fingerprint density at radius 2 is 2.07 bits per heavy atom. The zero-order valence-corrected chi connectivity index (χ0v) is 20.0. The number of amides is 1. The number of likely N-dealkylation sites (N-methyl/N-ethyl adjacent to an activating group) is 1. The van der Waals surface area contributed by atoms with E-state index in [9.17, 15) is 4.79 Å². The Kier molecular flexibility index (Phi) is 5.60. The van der Waals surface area contributed by atoms with Crippen molar-refractivity contribution in [2.45, 2.75) is 19.9 Å². The van der Waals surface area contributed by atoms with Gasteiger partial charge < -0.3 is 5.32 Å². The van der Waals surface area contributed by atoms with Gasteiger partial charge in [-0.05, 0) is 36.7 Å². The van der Waals surface area contributed by atoms with E-state index in [1.165, 1.54) is 21.8 Å². The number of nitrogens with one attached hydrogen (secondary N) is 1. The number of benzene rings is 1. The van der Waals surface area contributed by atoms with Gasteiger partial charge in [-0.1, -0.05) is 42.3 Å². The molecule has 0 spiro atoms. The van der Waals surface area contributed by atoms with Crippen LogP contribution >= 0.6 is 57.2 Å². The van der Waals surface area contributed by atoms with Crippen molar-refractivity contribution >= 4 is 78.3 Å². The van der Waals surface area contributed by atoms with E-state index in [1.54, 1.807) is 28.7 Å². The average molecular weight is 494 g/mol. The van der Waals surface area contributed by atoms with Crippen molar-refractivity contribution in [2.75, 3.05) is 18.4 Å². The van der Waals surface area contributed by atoms with Crippen LogP contribution in [0.2, 0.25) is 8.67 Å². The topological polar surface area (TPSA) is 45.2 Å². The lowest BCUT2D eigenvalue weighted by atomic mass is 10.0. The number of aromatic nitrogens is 1. The summed E-state index contributed by atoms with van der Waals surface area (Å²) in [7, 11) is 0. The fourth-order valence-electron chi connectivity index (χ4n) is 3.69. The van der Waals surface area contributed by atoms with Crippen LogP contribution in [0.4, 0.5) is 5.00 Å². The van der Waals surface area contributed by atoms with Gasteiger partial charge in [-0.15, -0.1) is 34.0 Å². The molecule has 154 valence electrons. The van der Waals surface area contributed by atoms with Gasteiger partial charge in [0.15, 0.2) is 0 Å². The van der Waals surface area contributed by atoms with E-state index in [2.05, 4.69) is 23.2 Å². The minimum atomic E-state index is -0.239. The second-order valence-electron chi connectivity index (χ2n) is 7.01. The molecule has 0 aliphatic carbocycles. The second-order valence-corrected chi connectivity index (χ2v) is 11.4. The minimum Gasteiger partial charge on any atom is -0.313 e. The number of rotatable bonds is 4. The zero-order valence-electron chi connectivity index (χ0n) is 16.0. The number of thiazole rings is 1. The van der Waals surface area contributed by atoms with Crippen molar-refractivity contribution in [3.8, 4) is 10.6 Å². The molecule has 0 radical (unpaired) electrons. The highest BCUT2D eigenvalue weighted by Crippen LogP contribution is 2.46. The second kappa shape index (κ2) is 8.22. The van der Waals surface area contributed by atoms with Gasteiger partial charge in [0.1, 0.15) is 14.3 Å². The van der Waals surface area contributed by atoms with Crippen molar-refractivity contribution in [3.05, 3.63) is 55.0 Å². The molecule has 4 heterocycles. The molecule has 1 aliphatic heterocycles. The predicted molar refractivity (Wildman–Crippen MR) is 130 cm³/mol. The summed E-state index contributed by atoms with van der Waals surface area (Å²) in [6.07, 6.45) is 0.950. The van der Waals surface area contributed by atoms with Gasteiger partial charge >= 0.3 is 0 Å². The summed E-state index contributed by atoms with van der Waals surface area (Å²) >= 11 is 16.8. The summed E-state index contributed by atoms with van der Waals surface area (Å²) in [5.74, 6) is -0.239. The molecule has 0 saturated carbocycles. The van der Waals surface area contributed by atoms with Gasteiger partial charge in [-0.25, -0.2) is 4.98 Å². The monoisotopic (exact) mass is 493 g/mol. The first-order valence-electron chi connectivity index (χ1n) is 9.52. The number of para-hydroxylation sites is 1. The SMILES string of the molecule is CCN1CCc2c(sc(NC(=O)c3cc(Cl)sc3Cl)c2-c2nc3ccccc3s2)C1. The van der Waals surface area contributed by atoms with Gasteiger partial charge in [0.2, 0.25) is 0 Å². The smallest absolute Gasteiger partial charge is 0.258 e. The summed E-state index contributed by atoms with van der Waals surface area (Å²) in [5, 5.41) is 4.89. The molecular weight excluding hydrogens is 477 g/mol. The Morgan fingerprint density at radius 3 is 2.80 bits per heavy atom. The van der Waals surface area contributed by atoms with Gasteiger partial charge in [-0.3, -0.25) is 9.69 Å². The number of carbonyl (C=O) groups excluding carboxylic acids is 1. The van der Waals surface area contributed by atoms with Crippen LogP contribution < -0.4 is 5.32 Å². The third-order valence-electron chi connectivity index (χ3n) is 5.22. The van der Waals surface area contributed by atoms with Crippen molar-refractivity contribution in [2.24, 2.45) is 0 Å². The number of fused-ring (bicyclic) bond motifs is 2. The molecule has 1 aromatic carbocycles. The lowest BCUT2D eigenvalue weighted by Gasteiger charge is -2.25. The highest BCUT2D eigenvalue weighted by molar-refractivity contribution is 7.23. The zero-order chi connectivity index (χ0) is 20.8. The lowest BCUT2D eigenvalue weighted by Crippen LogP contribution is -2.29. The number of anilines is 1. The Hall–Kier alpha value is -1.48. The molecule has 0 atom stereocenters. The van der Waals surface area contributed by atoms with E-state index >= 15 is 0 Å². The standard InChI is InChI=1S/C21H17Cl2N3OS3/c1-2-26-8-7-11-15(10-26)29-21(25-19(27)12-9-16(22)30-18(12)23)17(11)20-24-13-5-3-4-6-14(13)28-20/h3-6,9H,2,7-8,10H2,1H3,(H,25,27). The fourth-order valence-corrected chi connectivity index (χ4v) is 7.54. The van der Waals surface area contributed by atoms with Crippen LogP contribution in [0.5, 0.6) is 0 Å². The largest absolute Gasteiger partial charge is 0.313 e. The molecule has 4 aromatic rings. The molecule has 1 N–H and O–H groups in total.